The van der Waals surface area contributed by atoms with Gasteiger partial charge in [0.2, 0.25) is 0 Å². The van der Waals surface area contributed by atoms with E-state index in [4.69, 9.17) is 0 Å². The van der Waals surface area contributed by atoms with Crippen molar-refractivity contribution in [3.05, 3.63) is 35.1 Å². The molecule has 0 N–H and O–H groups in total. The summed E-state index contributed by atoms with van der Waals surface area (Å²) in [5.41, 5.74) is 1.30. The van der Waals surface area contributed by atoms with Crippen LogP contribution in [0.25, 0.3) is 0 Å². The normalized spacial score (nSPS) is 8.77. The number of rotatable bonds is 1. The van der Waals surface area contributed by atoms with Crippen molar-refractivity contribution in [2.75, 3.05) is 0 Å². The number of hydrogen-bond donors (Lipinski definition) is 0. The zero-order valence-electron chi connectivity index (χ0n) is 7.30. The molecule has 1 aromatic carbocycles. The first kappa shape index (κ1) is 9.47. The molecule has 0 aliphatic carbocycles. The minimum Gasteiger partial charge on any atom is -0.302 e. The van der Waals surface area contributed by atoms with E-state index >= 15 is 0 Å². The van der Waals surface area contributed by atoms with Crippen LogP contribution in [0.5, 0.6) is 0 Å². The lowest BCUT2D eigenvalue weighted by Gasteiger charge is -1.95. The number of carbonyl (C=O) groups excluding carboxylic acids is 1. The zero-order valence-corrected chi connectivity index (χ0v) is 7.30. The van der Waals surface area contributed by atoms with Crippen molar-refractivity contribution in [3.8, 4) is 11.8 Å². The second kappa shape index (κ2) is 4.42. The zero-order chi connectivity index (χ0) is 9.68. The van der Waals surface area contributed by atoms with Crippen LogP contribution in [-0.4, -0.2) is 6.29 Å². The Kier molecular flexibility index (Phi) is 3.22. The standard InChI is InChI=1S/C11H9FO/c1-9-5-6-11(12)10(8-9)4-2-3-7-13/h5-8H,3H2,1H3. The summed E-state index contributed by atoms with van der Waals surface area (Å²) in [6, 6.07) is 4.72. The van der Waals surface area contributed by atoms with Crippen LogP contribution in [-0.2, 0) is 4.79 Å². The van der Waals surface area contributed by atoms with Crippen LogP contribution < -0.4 is 0 Å². The van der Waals surface area contributed by atoms with Crippen LogP contribution in [0, 0.1) is 24.6 Å². The van der Waals surface area contributed by atoms with E-state index in [1.807, 2.05) is 6.92 Å². The van der Waals surface area contributed by atoms with Crippen LogP contribution in [0.15, 0.2) is 18.2 Å². The van der Waals surface area contributed by atoms with Gasteiger partial charge < -0.3 is 4.79 Å². The molecule has 0 atom stereocenters. The number of hydrogen-bond acceptors (Lipinski definition) is 1. The summed E-state index contributed by atoms with van der Waals surface area (Å²) in [5.74, 6) is 4.82. The molecule has 0 aliphatic rings. The lowest BCUT2D eigenvalue weighted by Crippen LogP contribution is -1.84. The SMILES string of the molecule is Cc1ccc(F)c(C#CCC=O)c1. The predicted octanol–water partition coefficient (Wildman–Crippen LogP) is 2.07. The van der Waals surface area contributed by atoms with Gasteiger partial charge in [0.1, 0.15) is 12.1 Å². The van der Waals surface area contributed by atoms with E-state index in [1.54, 1.807) is 12.1 Å². The second-order valence-corrected chi connectivity index (χ2v) is 2.66. The maximum Gasteiger partial charge on any atom is 0.138 e. The monoisotopic (exact) mass is 176 g/mol. The molecule has 13 heavy (non-hydrogen) atoms. The van der Waals surface area contributed by atoms with E-state index in [1.165, 1.54) is 6.07 Å². The van der Waals surface area contributed by atoms with Crippen molar-refractivity contribution in [2.45, 2.75) is 13.3 Å². The minimum absolute atomic E-state index is 0.146. The fraction of sp³-hybridized carbons (Fsp3) is 0.182. The molecule has 0 bridgehead atoms. The summed E-state index contributed by atoms with van der Waals surface area (Å²) >= 11 is 0. The van der Waals surface area contributed by atoms with Gasteiger partial charge in [-0.3, -0.25) is 0 Å². The highest BCUT2D eigenvalue weighted by Crippen LogP contribution is 2.07. The highest BCUT2D eigenvalue weighted by Gasteiger charge is 1.97. The quantitative estimate of drug-likeness (QED) is 0.473. The summed E-state index contributed by atoms with van der Waals surface area (Å²) < 4.78 is 13.0. The number of halogens is 1. The van der Waals surface area contributed by atoms with Gasteiger partial charge >= 0.3 is 0 Å². The Morgan fingerprint density at radius 3 is 3.00 bits per heavy atom. The van der Waals surface area contributed by atoms with Gasteiger partial charge in [0.05, 0.1) is 12.0 Å². The van der Waals surface area contributed by atoms with E-state index in [9.17, 15) is 9.18 Å². The molecule has 0 radical (unpaired) electrons. The van der Waals surface area contributed by atoms with Gasteiger partial charge in [-0.25, -0.2) is 4.39 Å². The number of aldehydes is 1. The number of benzene rings is 1. The number of aryl methyl sites for hydroxylation is 1. The molecule has 1 nitrogen and oxygen atoms in total. The lowest BCUT2D eigenvalue weighted by molar-refractivity contribution is -0.107. The molecule has 66 valence electrons. The molecule has 1 rings (SSSR count). The second-order valence-electron chi connectivity index (χ2n) is 2.66. The molecule has 0 aliphatic heterocycles. The van der Waals surface area contributed by atoms with E-state index in [2.05, 4.69) is 11.8 Å². The Bertz CT molecular complexity index is 371. The van der Waals surface area contributed by atoms with Gasteiger partial charge in [-0.05, 0) is 24.6 Å². The summed E-state index contributed by atoms with van der Waals surface area (Å²) in [6.45, 7) is 1.87. The Labute approximate surface area is 76.6 Å². The maximum absolute atomic E-state index is 13.0. The van der Waals surface area contributed by atoms with Crippen LogP contribution in [0.3, 0.4) is 0 Å². The van der Waals surface area contributed by atoms with Gasteiger partial charge in [-0.15, -0.1) is 0 Å². The van der Waals surface area contributed by atoms with E-state index in [-0.39, 0.29) is 12.2 Å². The van der Waals surface area contributed by atoms with Crippen LogP contribution in [0.4, 0.5) is 4.39 Å². The largest absolute Gasteiger partial charge is 0.302 e. The van der Waals surface area contributed by atoms with Gasteiger partial charge in [0.15, 0.2) is 0 Å². The fourth-order valence-electron chi connectivity index (χ4n) is 0.923. The van der Waals surface area contributed by atoms with Crippen molar-refractivity contribution >= 4 is 6.29 Å². The van der Waals surface area contributed by atoms with Gasteiger partial charge in [0, 0.05) is 0 Å². The average Bonchev–Trinajstić information content (AvgIpc) is 2.11. The predicted molar refractivity (Wildman–Crippen MR) is 48.7 cm³/mol. The number of carbonyl (C=O) groups is 1. The van der Waals surface area contributed by atoms with E-state index in [0.29, 0.717) is 11.8 Å². The Morgan fingerprint density at radius 2 is 2.31 bits per heavy atom. The van der Waals surface area contributed by atoms with Crippen molar-refractivity contribution in [2.24, 2.45) is 0 Å². The average molecular weight is 176 g/mol. The topological polar surface area (TPSA) is 17.1 Å². The Balaban J connectivity index is 2.95. The molecule has 0 saturated heterocycles. The molecule has 0 saturated carbocycles. The van der Waals surface area contributed by atoms with E-state index < -0.39 is 0 Å². The summed E-state index contributed by atoms with van der Waals surface area (Å²) in [4.78, 5) is 9.95. The molecule has 0 fully saturated rings. The third kappa shape index (κ3) is 2.72. The third-order valence-corrected chi connectivity index (χ3v) is 1.53. The summed E-state index contributed by atoms with van der Waals surface area (Å²) in [7, 11) is 0. The summed E-state index contributed by atoms with van der Waals surface area (Å²) in [6.07, 6.45) is 0.841. The fourth-order valence-corrected chi connectivity index (χ4v) is 0.923. The Morgan fingerprint density at radius 1 is 1.54 bits per heavy atom. The molecule has 2 heteroatoms. The molecule has 0 heterocycles. The molecule has 0 spiro atoms. The molecular weight excluding hydrogens is 167 g/mol. The highest BCUT2D eigenvalue weighted by atomic mass is 19.1. The van der Waals surface area contributed by atoms with Crippen LogP contribution in [0.1, 0.15) is 17.5 Å². The first-order chi connectivity index (χ1) is 6.24. The summed E-state index contributed by atoms with van der Waals surface area (Å²) in [5, 5.41) is 0. The minimum atomic E-state index is -0.344. The molecule has 0 aromatic heterocycles. The molecule has 0 unspecified atom stereocenters. The van der Waals surface area contributed by atoms with Crippen molar-refractivity contribution in [3.63, 3.8) is 0 Å². The van der Waals surface area contributed by atoms with Gasteiger partial charge in [-0.1, -0.05) is 17.9 Å². The van der Waals surface area contributed by atoms with E-state index in [0.717, 1.165) is 5.56 Å². The van der Waals surface area contributed by atoms with Crippen molar-refractivity contribution in [1.82, 2.24) is 0 Å². The first-order valence-electron chi connectivity index (χ1n) is 3.92. The molecule has 0 amide bonds. The van der Waals surface area contributed by atoms with Gasteiger partial charge in [0.25, 0.3) is 0 Å². The van der Waals surface area contributed by atoms with Crippen molar-refractivity contribution < 1.29 is 9.18 Å². The van der Waals surface area contributed by atoms with Crippen LogP contribution >= 0.6 is 0 Å². The third-order valence-electron chi connectivity index (χ3n) is 1.53. The lowest BCUT2D eigenvalue weighted by atomic mass is 10.1. The van der Waals surface area contributed by atoms with Crippen molar-refractivity contribution in [1.29, 1.82) is 0 Å². The van der Waals surface area contributed by atoms with Crippen LogP contribution in [0.2, 0.25) is 0 Å². The molecule has 1 aromatic rings. The smallest absolute Gasteiger partial charge is 0.138 e. The first-order valence-corrected chi connectivity index (χ1v) is 3.92. The Hall–Kier alpha value is -1.62. The molecular formula is C11H9FO. The maximum atomic E-state index is 13.0. The van der Waals surface area contributed by atoms with Gasteiger partial charge in [-0.2, -0.15) is 0 Å². The highest BCUT2D eigenvalue weighted by molar-refractivity contribution is 5.55.